The Labute approximate surface area is 173 Å². The van der Waals surface area contributed by atoms with E-state index in [1.165, 1.54) is 12.1 Å². The molecule has 0 bridgehead atoms. The Balaban J connectivity index is 1.39. The molecular weight excluding hydrogens is 389 g/mol. The number of benzene rings is 2. The highest BCUT2D eigenvalue weighted by Gasteiger charge is 2.08. The van der Waals surface area contributed by atoms with Crippen LogP contribution in [0.4, 0.5) is 4.39 Å². The van der Waals surface area contributed by atoms with Crippen molar-refractivity contribution in [2.75, 3.05) is 26.9 Å². The highest BCUT2D eigenvalue weighted by molar-refractivity contribution is 5.77. The molecule has 156 valence electrons. The fraction of sp³-hybridized carbons (Fsp3) is 0.227. The molecule has 0 aliphatic rings. The van der Waals surface area contributed by atoms with E-state index in [-0.39, 0.29) is 31.5 Å². The normalized spacial score (nSPS) is 10.4. The van der Waals surface area contributed by atoms with E-state index in [0.717, 1.165) is 11.1 Å². The van der Waals surface area contributed by atoms with Crippen molar-refractivity contribution in [3.8, 4) is 28.6 Å². The van der Waals surface area contributed by atoms with Gasteiger partial charge >= 0.3 is 0 Å². The van der Waals surface area contributed by atoms with Gasteiger partial charge in [-0.3, -0.25) is 4.79 Å². The predicted molar refractivity (Wildman–Crippen MR) is 109 cm³/mol. The number of aryl methyl sites for hydroxylation is 1. The standard InChI is InChI=1S/C22H22FN3O4/c1-15-3-9-19(20(13-15)28-2)30-14-21(27)24-11-12-29-22-10-8-18(25-26-22)16-4-6-17(23)7-5-16/h3-10,13H,11-12,14H2,1-2H3,(H,24,27). The van der Waals surface area contributed by atoms with Crippen molar-refractivity contribution in [1.29, 1.82) is 0 Å². The molecule has 3 aromatic rings. The van der Waals surface area contributed by atoms with Crippen LogP contribution in [0.15, 0.2) is 54.6 Å². The summed E-state index contributed by atoms with van der Waals surface area (Å²) in [7, 11) is 1.55. The van der Waals surface area contributed by atoms with Crippen molar-refractivity contribution in [2.45, 2.75) is 6.92 Å². The maximum absolute atomic E-state index is 13.0. The SMILES string of the molecule is COc1cc(C)ccc1OCC(=O)NCCOc1ccc(-c2ccc(F)cc2)nn1. The number of hydrogen-bond acceptors (Lipinski definition) is 6. The summed E-state index contributed by atoms with van der Waals surface area (Å²) in [6.45, 7) is 2.32. The summed E-state index contributed by atoms with van der Waals surface area (Å²) in [6, 6.07) is 14.9. The van der Waals surface area contributed by atoms with Gasteiger partial charge in [0.05, 0.1) is 19.3 Å². The summed E-state index contributed by atoms with van der Waals surface area (Å²) < 4.78 is 29.2. The van der Waals surface area contributed by atoms with Crippen LogP contribution in [-0.4, -0.2) is 43.0 Å². The van der Waals surface area contributed by atoms with Gasteiger partial charge in [0.1, 0.15) is 12.4 Å². The molecule has 0 unspecified atom stereocenters. The van der Waals surface area contributed by atoms with Crippen molar-refractivity contribution in [3.05, 3.63) is 66.0 Å². The van der Waals surface area contributed by atoms with Crippen molar-refractivity contribution < 1.29 is 23.4 Å². The van der Waals surface area contributed by atoms with Crippen molar-refractivity contribution in [2.24, 2.45) is 0 Å². The first-order valence-corrected chi connectivity index (χ1v) is 9.32. The molecule has 0 fully saturated rings. The Hall–Kier alpha value is -3.68. The van der Waals surface area contributed by atoms with Crippen LogP contribution in [0.5, 0.6) is 17.4 Å². The number of carbonyl (C=O) groups is 1. The number of halogens is 1. The van der Waals surface area contributed by atoms with Gasteiger partial charge in [0, 0.05) is 11.6 Å². The van der Waals surface area contributed by atoms with Gasteiger partial charge in [-0.25, -0.2) is 4.39 Å². The molecule has 0 aliphatic heterocycles. The van der Waals surface area contributed by atoms with Crippen LogP contribution in [0.3, 0.4) is 0 Å². The van der Waals surface area contributed by atoms with E-state index in [1.807, 2.05) is 19.1 Å². The third-order valence-electron chi connectivity index (χ3n) is 4.13. The van der Waals surface area contributed by atoms with Crippen molar-refractivity contribution in [3.63, 3.8) is 0 Å². The monoisotopic (exact) mass is 411 g/mol. The van der Waals surface area contributed by atoms with Gasteiger partial charge in [0.2, 0.25) is 5.88 Å². The van der Waals surface area contributed by atoms with Crippen LogP contribution in [-0.2, 0) is 4.79 Å². The summed E-state index contributed by atoms with van der Waals surface area (Å²) in [5, 5.41) is 10.7. The first kappa shape index (κ1) is 21.0. The molecule has 1 N–H and O–H groups in total. The van der Waals surface area contributed by atoms with Crippen LogP contribution in [0.25, 0.3) is 11.3 Å². The predicted octanol–water partition coefficient (Wildman–Crippen LogP) is 3.17. The molecule has 0 saturated carbocycles. The van der Waals surface area contributed by atoms with Crippen LogP contribution in [0.1, 0.15) is 5.56 Å². The molecule has 3 rings (SSSR count). The van der Waals surface area contributed by atoms with Crippen LogP contribution in [0, 0.1) is 12.7 Å². The number of amides is 1. The second-order valence-electron chi connectivity index (χ2n) is 6.41. The Morgan fingerprint density at radius 1 is 1.00 bits per heavy atom. The summed E-state index contributed by atoms with van der Waals surface area (Å²) in [6.07, 6.45) is 0. The second kappa shape index (κ2) is 10.2. The summed E-state index contributed by atoms with van der Waals surface area (Å²) >= 11 is 0. The topological polar surface area (TPSA) is 82.6 Å². The highest BCUT2D eigenvalue weighted by atomic mass is 19.1. The number of nitrogens with one attached hydrogen (secondary N) is 1. The first-order valence-electron chi connectivity index (χ1n) is 9.32. The van der Waals surface area contributed by atoms with Gasteiger partial charge in [0.15, 0.2) is 18.1 Å². The molecule has 0 aliphatic carbocycles. The molecular formula is C22H22FN3O4. The van der Waals surface area contributed by atoms with Gasteiger partial charge < -0.3 is 19.5 Å². The lowest BCUT2D eigenvalue weighted by atomic mass is 10.1. The van der Waals surface area contributed by atoms with E-state index in [1.54, 1.807) is 37.4 Å². The lowest BCUT2D eigenvalue weighted by Crippen LogP contribution is -2.32. The quantitative estimate of drug-likeness (QED) is 0.545. The minimum absolute atomic E-state index is 0.133. The number of ether oxygens (including phenoxy) is 3. The number of nitrogens with zero attached hydrogens (tertiary/aromatic N) is 2. The number of carbonyl (C=O) groups excluding carboxylic acids is 1. The zero-order chi connectivity index (χ0) is 21.3. The summed E-state index contributed by atoms with van der Waals surface area (Å²) in [4.78, 5) is 11.9. The van der Waals surface area contributed by atoms with Crippen LogP contribution in [0.2, 0.25) is 0 Å². The maximum Gasteiger partial charge on any atom is 0.258 e. The van der Waals surface area contributed by atoms with Crippen LogP contribution < -0.4 is 19.5 Å². The zero-order valence-corrected chi connectivity index (χ0v) is 16.7. The Morgan fingerprint density at radius 3 is 2.50 bits per heavy atom. The largest absolute Gasteiger partial charge is 0.493 e. The van der Waals surface area contributed by atoms with E-state index in [2.05, 4.69) is 15.5 Å². The lowest BCUT2D eigenvalue weighted by molar-refractivity contribution is -0.123. The molecule has 0 spiro atoms. The van der Waals surface area contributed by atoms with E-state index in [9.17, 15) is 9.18 Å². The molecule has 2 aromatic carbocycles. The molecule has 1 aromatic heterocycles. The third kappa shape index (κ3) is 5.91. The fourth-order valence-electron chi connectivity index (χ4n) is 2.61. The van der Waals surface area contributed by atoms with Gasteiger partial charge in [-0.1, -0.05) is 6.07 Å². The molecule has 30 heavy (non-hydrogen) atoms. The average Bonchev–Trinajstić information content (AvgIpc) is 2.77. The number of rotatable bonds is 9. The van der Waals surface area contributed by atoms with E-state index >= 15 is 0 Å². The smallest absolute Gasteiger partial charge is 0.258 e. The van der Waals surface area contributed by atoms with E-state index in [0.29, 0.717) is 23.1 Å². The molecule has 1 amide bonds. The minimum Gasteiger partial charge on any atom is -0.493 e. The molecule has 1 heterocycles. The number of methoxy groups -OCH3 is 1. The molecule has 0 radical (unpaired) electrons. The van der Waals surface area contributed by atoms with E-state index in [4.69, 9.17) is 14.2 Å². The van der Waals surface area contributed by atoms with Gasteiger partial charge in [-0.05, 0) is 55.0 Å². The molecule has 7 nitrogen and oxygen atoms in total. The van der Waals surface area contributed by atoms with Crippen molar-refractivity contribution in [1.82, 2.24) is 15.5 Å². The molecule has 8 heteroatoms. The third-order valence-corrected chi connectivity index (χ3v) is 4.13. The summed E-state index contributed by atoms with van der Waals surface area (Å²) in [5.74, 6) is 0.826. The zero-order valence-electron chi connectivity index (χ0n) is 16.7. The Bertz CT molecular complexity index is 979. The van der Waals surface area contributed by atoms with E-state index < -0.39 is 0 Å². The summed E-state index contributed by atoms with van der Waals surface area (Å²) in [5.41, 5.74) is 2.40. The highest BCUT2D eigenvalue weighted by Crippen LogP contribution is 2.27. The van der Waals surface area contributed by atoms with Crippen LogP contribution >= 0.6 is 0 Å². The Kier molecular flexibility index (Phi) is 7.15. The number of aromatic nitrogens is 2. The van der Waals surface area contributed by atoms with Gasteiger partial charge in [0.25, 0.3) is 5.91 Å². The number of hydrogen-bond donors (Lipinski definition) is 1. The maximum atomic E-state index is 13.0. The van der Waals surface area contributed by atoms with Gasteiger partial charge in [-0.2, -0.15) is 0 Å². The minimum atomic E-state index is -0.308. The van der Waals surface area contributed by atoms with Gasteiger partial charge in [-0.15, -0.1) is 10.2 Å². The Morgan fingerprint density at radius 2 is 1.80 bits per heavy atom. The molecule has 0 saturated heterocycles. The van der Waals surface area contributed by atoms with Crippen molar-refractivity contribution >= 4 is 5.91 Å². The average molecular weight is 411 g/mol. The molecule has 0 atom stereocenters. The lowest BCUT2D eigenvalue weighted by Gasteiger charge is -2.11. The first-order chi connectivity index (χ1) is 14.5. The fourth-order valence-corrected chi connectivity index (χ4v) is 2.61. The second-order valence-corrected chi connectivity index (χ2v) is 6.41.